The third kappa shape index (κ3) is 3.50. The molecule has 0 amide bonds. The van der Waals surface area contributed by atoms with Crippen molar-refractivity contribution in [1.82, 2.24) is 4.98 Å². The molecule has 0 saturated carbocycles. The van der Waals surface area contributed by atoms with Crippen molar-refractivity contribution in [3.8, 4) is 0 Å². The monoisotopic (exact) mass is 433 g/mol. The van der Waals surface area contributed by atoms with E-state index in [-0.39, 0.29) is 6.61 Å². The van der Waals surface area contributed by atoms with Gasteiger partial charge in [0.25, 0.3) is 0 Å². The Hall–Kier alpha value is -1.74. The number of aliphatic hydroxyl groups is 1. The van der Waals surface area contributed by atoms with Crippen molar-refractivity contribution < 1.29 is 9.32 Å². The first-order chi connectivity index (χ1) is 13.4. The average Bonchev–Trinajstić information content (AvgIpc) is 3.40. The van der Waals surface area contributed by atoms with Crippen LogP contribution < -0.4 is 4.31 Å². The summed E-state index contributed by atoms with van der Waals surface area (Å²) < 4.78 is 16.0. The predicted molar refractivity (Wildman–Crippen MR) is 124 cm³/mol. The molecule has 0 spiro atoms. The zero-order valence-electron chi connectivity index (χ0n) is 15.8. The summed E-state index contributed by atoms with van der Waals surface area (Å²) in [6.07, 6.45) is 0.745. The molecule has 1 aliphatic heterocycles. The summed E-state index contributed by atoms with van der Waals surface area (Å²) >= 11 is 3.16. The number of nitrogens with one attached hydrogen (secondary N) is 1. The fourth-order valence-electron chi connectivity index (χ4n) is 3.33. The molecule has 3 heterocycles. The lowest BCUT2D eigenvalue weighted by atomic mass is 10.1. The molecule has 0 radical (unpaired) electrons. The van der Waals surface area contributed by atoms with Gasteiger partial charge in [-0.15, -0.1) is 11.3 Å². The molecule has 0 bridgehead atoms. The Labute approximate surface area is 173 Å². The number of thiophene rings is 1. The first kappa shape index (κ1) is 19.6. The van der Waals surface area contributed by atoms with Crippen LogP contribution in [0.25, 0.3) is 10.9 Å². The number of aromatic amines is 1. The van der Waals surface area contributed by atoms with E-state index in [1.54, 1.807) is 16.1 Å². The van der Waals surface area contributed by atoms with Crippen LogP contribution in [0.3, 0.4) is 0 Å². The van der Waals surface area contributed by atoms with Gasteiger partial charge < -0.3 is 10.1 Å². The highest BCUT2D eigenvalue weighted by atomic mass is 32.2. The number of aliphatic hydroxyl groups excluding tert-OH is 1. The molecule has 2 atom stereocenters. The largest absolute Gasteiger partial charge is 0.396 e. The van der Waals surface area contributed by atoms with Gasteiger partial charge in [-0.25, -0.2) is 4.21 Å². The van der Waals surface area contributed by atoms with Crippen LogP contribution in [0.15, 0.2) is 44.9 Å². The molecule has 5 nitrogen and oxygen atoms in total. The number of fused-ring (bicyclic) bond motifs is 1. The second kappa shape index (κ2) is 7.59. The minimum atomic E-state index is -2.61. The van der Waals surface area contributed by atoms with Crippen LogP contribution in [0, 0.1) is 6.92 Å². The third-order valence-electron chi connectivity index (χ3n) is 4.84. The van der Waals surface area contributed by atoms with Gasteiger partial charge >= 0.3 is 0 Å². The van der Waals surface area contributed by atoms with E-state index in [9.17, 15) is 9.32 Å². The molecule has 148 valence electrons. The van der Waals surface area contributed by atoms with Crippen LogP contribution in [0.2, 0.25) is 0 Å². The number of benzene rings is 1. The molecule has 0 saturated heterocycles. The zero-order valence-corrected chi connectivity index (χ0v) is 18.3. The van der Waals surface area contributed by atoms with Crippen LogP contribution >= 0.6 is 23.1 Å². The van der Waals surface area contributed by atoms with Crippen LogP contribution in [0.4, 0.5) is 5.69 Å². The Morgan fingerprint density at radius 3 is 2.96 bits per heavy atom. The van der Waals surface area contributed by atoms with Gasteiger partial charge in [-0.1, -0.05) is 17.8 Å². The number of aliphatic imine (C=N–C) groups is 1. The van der Waals surface area contributed by atoms with Gasteiger partial charge in [0.05, 0.1) is 33.2 Å². The summed E-state index contributed by atoms with van der Waals surface area (Å²) in [5, 5.41) is 13.4. The van der Waals surface area contributed by atoms with E-state index >= 15 is 0 Å². The Morgan fingerprint density at radius 2 is 2.25 bits per heavy atom. The van der Waals surface area contributed by atoms with Gasteiger partial charge in [0, 0.05) is 24.3 Å². The number of hydrogen-bond acceptors (Lipinski definition) is 5. The Morgan fingerprint density at radius 1 is 1.43 bits per heavy atom. The Balaban J connectivity index is 1.75. The summed E-state index contributed by atoms with van der Waals surface area (Å²) in [5.41, 5.74) is 3.86. The molecule has 1 aromatic carbocycles. The number of nitrogens with zero attached hydrogens (tertiary/aromatic N) is 2. The minimum Gasteiger partial charge on any atom is -0.396 e. The molecule has 3 aromatic rings. The van der Waals surface area contributed by atoms with Crippen molar-refractivity contribution in [2.75, 3.05) is 24.5 Å². The SMILES string of the molecule is C=S(=O)(c1cccs1)N(C)c1cc(C)cc2cc(C3=NCC(CCO)S3)[nH]c12. The van der Waals surface area contributed by atoms with E-state index in [1.165, 1.54) is 11.3 Å². The maximum Gasteiger partial charge on any atom is 0.114 e. The molecule has 2 N–H and O–H groups in total. The second-order valence-corrected chi connectivity index (χ2v) is 11.7. The summed E-state index contributed by atoms with van der Waals surface area (Å²) in [7, 11) is -0.778. The average molecular weight is 434 g/mol. The van der Waals surface area contributed by atoms with E-state index in [1.807, 2.05) is 37.6 Å². The number of anilines is 1. The molecular weight excluding hydrogens is 410 g/mol. The van der Waals surface area contributed by atoms with Crippen LogP contribution in [-0.4, -0.2) is 50.7 Å². The number of thioether (sulfide) groups is 1. The number of hydrogen-bond donors (Lipinski definition) is 2. The summed E-state index contributed by atoms with van der Waals surface area (Å²) in [4.78, 5) is 8.13. The number of aryl methyl sites for hydroxylation is 1. The molecule has 1 aliphatic rings. The summed E-state index contributed by atoms with van der Waals surface area (Å²) in [5.74, 6) is 4.04. The lowest BCUT2D eigenvalue weighted by Gasteiger charge is -2.24. The van der Waals surface area contributed by atoms with E-state index < -0.39 is 9.71 Å². The van der Waals surface area contributed by atoms with Gasteiger partial charge in [-0.05, 0) is 54.4 Å². The lowest BCUT2D eigenvalue weighted by molar-refractivity contribution is 0.288. The highest BCUT2D eigenvalue weighted by Gasteiger charge is 2.24. The van der Waals surface area contributed by atoms with Gasteiger partial charge in [0.2, 0.25) is 0 Å². The lowest BCUT2D eigenvalue weighted by Crippen LogP contribution is -2.26. The van der Waals surface area contributed by atoms with E-state index in [0.717, 1.165) is 50.1 Å². The fourth-order valence-corrected chi connectivity index (χ4v) is 6.98. The van der Waals surface area contributed by atoms with Gasteiger partial charge in [0.1, 0.15) is 9.25 Å². The fraction of sp³-hybridized carbons (Fsp3) is 0.300. The maximum absolute atomic E-state index is 13.4. The minimum absolute atomic E-state index is 0.182. The first-order valence-corrected chi connectivity index (χ1v) is 12.4. The number of rotatable bonds is 6. The van der Waals surface area contributed by atoms with Crippen molar-refractivity contribution in [2.24, 2.45) is 4.99 Å². The van der Waals surface area contributed by atoms with E-state index in [2.05, 4.69) is 28.0 Å². The maximum atomic E-state index is 13.4. The van der Waals surface area contributed by atoms with E-state index in [0.29, 0.717) is 5.25 Å². The zero-order chi connectivity index (χ0) is 19.9. The first-order valence-electron chi connectivity index (χ1n) is 9.00. The van der Waals surface area contributed by atoms with Crippen molar-refractivity contribution in [2.45, 2.75) is 22.8 Å². The number of H-pyrrole nitrogens is 1. The topological polar surface area (TPSA) is 68.7 Å². The highest BCUT2D eigenvalue weighted by molar-refractivity contribution is 8.15. The Kier molecular flexibility index (Phi) is 5.30. The molecular formula is C20H23N3O2S3. The smallest absolute Gasteiger partial charge is 0.114 e. The van der Waals surface area contributed by atoms with Crippen LogP contribution in [0.5, 0.6) is 0 Å². The van der Waals surface area contributed by atoms with Gasteiger partial charge in [0.15, 0.2) is 0 Å². The van der Waals surface area contributed by atoms with E-state index in [4.69, 9.17) is 0 Å². The standard InChI is InChI=1S/C20H23N3O2S3/c1-13-9-14-11-16(20-21-12-15(27-20)6-7-24)22-19(14)17(10-13)23(2)28(3,25)18-5-4-8-26-18/h4-5,8-11,15,22,24H,3,6-7,12H2,1-2H3. The highest BCUT2D eigenvalue weighted by Crippen LogP contribution is 2.35. The molecule has 28 heavy (non-hydrogen) atoms. The van der Waals surface area contributed by atoms with Gasteiger partial charge in [-0.2, -0.15) is 0 Å². The predicted octanol–water partition coefficient (Wildman–Crippen LogP) is 3.91. The van der Waals surface area contributed by atoms with Crippen LogP contribution in [0.1, 0.15) is 17.7 Å². The van der Waals surface area contributed by atoms with Gasteiger partial charge in [-0.3, -0.25) is 9.30 Å². The number of aromatic nitrogens is 1. The summed E-state index contributed by atoms with van der Waals surface area (Å²) in [6, 6.07) is 10.0. The second-order valence-electron chi connectivity index (χ2n) is 6.90. The van der Waals surface area contributed by atoms with Crippen molar-refractivity contribution in [1.29, 1.82) is 0 Å². The molecule has 2 unspecified atom stereocenters. The molecule has 0 fully saturated rings. The summed E-state index contributed by atoms with van der Waals surface area (Å²) in [6.45, 7) is 2.95. The normalized spacial score (nSPS) is 19.0. The molecule has 8 heteroatoms. The van der Waals surface area contributed by atoms with Crippen LogP contribution in [-0.2, 0) is 9.71 Å². The quantitative estimate of drug-likeness (QED) is 0.579. The molecule has 2 aromatic heterocycles. The van der Waals surface area contributed by atoms with Crippen molar-refractivity contribution in [3.05, 3.63) is 47.0 Å². The van der Waals surface area contributed by atoms with Crippen molar-refractivity contribution in [3.63, 3.8) is 0 Å². The molecule has 0 aliphatic carbocycles. The molecule has 4 rings (SSSR count). The van der Waals surface area contributed by atoms with Crippen molar-refractivity contribution >= 4 is 60.3 Å². The third-order valence-corrected chi connectivity index (χ3v) is 9.71. The Bertz CT molecular complexity index is 1130.